The summed E-state index contributed by atoms with van der Waals surface area (Å²) in [5, 5.41) is 0. The summed E-state index contributed by atoms with van der Waals surface area (Å²) in [6, 6.07) is 0. The molecule has 2 saturated heterocycles. The summed E-state index contributed by atoms with van der Waals surface area (Å²) in [6.07, 6.45) is 0.625. The molecule has 0 N–H and O–H groups in total. The van der Waals surface area contributed by atoms with E-state index in [0.717, 1.165) is 6.61 Å². The Bertz CT molecular complexity index is 148. The van der Waals surface area contributed by atoms with E-state index in [1.54, 1.807) is 7.11 Å². The van der Waals surface area contributed by atoms with E-state index in [2.05, 4.69) is 6.92 Å². The summed E-state index contributed by atoms with van der Waals surface area (Å²) in [5.74, 6) is 0.528. The molecule has 2 aliphatic heterocycles. The van der Waals surface area contributed by atoms with Crippen molar-refractivity contribution in [3.63, 3.8) is 0 Å². The monoisotopic (exact) mass is 158 g/mol. The smallest absolute Gasteiger partial charge is 0.112 e. The van der Waals surface area contributed by atoms with E-state index in [1.165, 1.54) is 0 Å². The number of ether oxygens (including phenoxy) is 3. The molecule has 0 aliphatic carbocycles. The molecule has 0 radical (unpaired) electrons. The first-order chi connectivity index (χ1) is 5.33. The Morgan fingerprint density at radius 3 is 2.64 bits per heavy atom. The zero-order valence-electron chi connectivity index (χ0n) is 6.95. The molecule has 2 rings (SSSR count). The summed E-state index contributed by atoms with van der Waals surface area (Å²) in [4.78, 5) is 0. The normalized spacial score (nSPS) is 49.6. The molecule has 0 aromatic carbocycles. The minimum atomic E-state index is 0.157. The van der Waals surface area contributed by atoms with Gasteiger partial charge in [0.25, 0.3) is 0 Å². The van der Waals surface area contributed by atoms with Gasteiger partial charge in [0.15, 0.2) is 0 Å². The van der Waals surface area contributed by atoms with Crippen LogP contribution in [0.3, 0.4) is 0 Å². The fourth-order valence-corrected chi connectivity index (χ4v) is 1.86. The highest BCUT2D eigenvalue weighted by Crippen LogP contribution is 2.31. The highest BCUT2D eigenvalue weighted by atomic mass is 16.6. The maximum Gasteiger partial charge on any atom is 0.112 e. The van der Waals surface area contributed by atoms with Crippen molar-refractivity contribution in [1.29, 1.82) is 0 Å². The number of hydrogen-bond acceptors (Lipinski definition) is 3. The summed E-state index contributed by atoms with van der Waals surface area (Å²) >= 11 is 0. The van der Waals surface area contributed by atoms with Crippen LogP contribution in [0.1, 0.15) is 6.92 Å². The Kier molecular flexibility index (Phi) is 1.87. The Morgan fingerprint density at radius 1 is 1.18 bits per heavy atom. The van der Waals surface area contributed by atoms with E-state index in [-0.39, 0.29) is 18.3 Å². The Balaban J connectivity index is 2.04. The van der Waals surface area contributed by atoms with Crippen LogP contribution in [-0.2, 0) is 14.2 Å². The van der Waals surface area contributed by atoms with Crippen molar-refractivity contribution < 1.29 is 14.2 Å². The van der Waals surface area contributed by atoms with Crippen molar-refractivity contribution in [2.45, 2.75) is 25.2 Å². The second kappa shape index (κ2) is 2.73. The lowest BCUT2D eigenvalue weighted by Gasteiger charge is -2.13. The molecule has 2 aliphatic rings. The average Bonchev–Trinajstić information content (AvgIpc) is 2.53. The van der Waals surface area contributed by atoms with E-state index < -0.39 is 0 Å². The summed E-state index contributed by atoms with van der Waals surface area (Å²) in [6.45, 7) is 3.66. The first-order valence-corrected chi connectivity index (χ1v) is 4.09. The summed E-state index contributed by atoms with van der Waals surface area (Å²) in [7, 11) is 1.71. The predicted molar refractivity (Wildman–Crippen MR) is 39.4 cm³/mol. The number of fused-ring (bicyclic) bond motifs is 1. The summed E-state index contributed by atoms with van der Waals surface area (Å²) in [5.41, 5.74) is 0. The quantitative estimate of drug-likeness (QED) is 0.554. The third kappa shape index (κ3) is 1.08. The fraction of sp³-hybridized carbons (Fsp3) is 1.00. The maximum absolute atomic E-state index is 5.54. The van der Waals surface area contributed by atoms with Gasteiger partial charge in [0, 0.05) is 13.0 Å². The van der Waals surface area contributed by atoms with Gasteiger partial charge in [-0.05, 0) is 0 Å². The zero-order chi connectivity index (χ0) is 7.84. The highest BCUT2D eigenvalue weighted by Gasteiger charge is 2.45. The molecule has 3 heteroatoms. The molecule has 0 aromatic heterocycles. The van der Waals surface area contributed by atoms with Gasteiger partial charge in [-0.2, -0.15) is 0 Å². The molecule has 3 nitrogen and oxygen atoms in total. The van der Waals surface area contributed by atoms with Crippen LogP contribution in [-0.4, -0.2) is 38.6 Å². The van der Waals surface area contributed by atoms with Gasteiger partial charge >= 0.3 is 0 Å². The van der Waals surface area contributed by atoms with Crippen LogP contribution in [0.2, 0.25) is 0 Å². The molecule has 64 valence electrons. The molecule has 0 bridgehead atoms. The van der Waals surface area contributed by atoms with E-state index in [4.69, 9.17) is 14.2 Å². The van der Waals surface area contributed by atoms with Gasteiger partial charge in [-0.3, -0.25) is 0 Å². The fourth-order valence-electron chi connectivity index (χ4n) is 1.86. The first kappa shape index (κ1) is 7.53. The van der Waals surface area contributed by atoms with Crippen molar-refractivity contribution in [2.75, 3.05) is 20.3 Å². The topological polar surface area (TPSA) is 27.7 Å². The molecule has 0 aromatic rings. The lowest BCUT2D eigenvalue weighted by Crippen LogP contribution is -2.29. The number of hydrogen-bond donors (Lipinski definition) is 0. The average molecular weight is 158 g/mol. The molecule has 2 fully saturated rings. The van der Waals surface area contributed by atoms with Crippen molar-refractivity contribution in [3.8, 4) is 0 Å². The van der Waals surface area contributed by atoms with Crippen molar-refractivity contribution in [3.05, 3.63) is 0 Å². The first-order valence-electron chi connectivity index (χ1n) is 4.09. The van der Waals surface area contributed by atoms with Gasteiger partial charge in [-0.25, -0.2) is 0 Å². The van der Waals surface area contributed by atoms with Gasteiger partial charge in [-0.15, -0.1) is 0 Å². The largest absolute Gasteiger partial charge is 0.376 e. The molecule has 11 heavy (non-hydrogen) atoms. The summed E-state index contributed by atoms with van der Waals surface area (Å²) < 4.78 is 16.3. The van der Waals surface area contributed by atoms with Crippen LogP contribution in [0, 0.1) is 5.92 Å². The lowest BCUT2D eigenvalue weighted by molar-refractivity contribution is -0.00878. The third-order valence-electron chi connectivity index (χ3n) is 2.56. The second-order valence-corrected chi connectivity index (χ2v) is 3.35. The SMILES string of the molecule is CO[C@H]1COC2C1OC[C@H]2C. The minimum Gasteiger partial charge on any atom is -0.376 e. The highest BCUT2D eigenvalue weighted by molar-refractivity contribution is 4.92. The van der Waals surface area contributed by atoms with Crippen molar-refractivity contribution >= 4 is 0 Å². The molecule has 2 unspecified atom stereocenters. The van der Waals surface area contributed by atoms with Crippen molar-refractivity contribution in [2.24, 2.45) is 5.92 Å². The van der Waals surface area contributed by atoms with Gasteiger partial charge in [0.2, 0.25) is 0 Å². The van der Waals surface area contributed by atoms with Crippen LogP contribution in [0.15, 0.2) is 0 Å². The van der Waals surface area contributed by atoms with Crippen molar-refractivity contribution in [1.82, 2.24) is 0 Å². The Labute approximate surface area is 66.6 Å². The van der Waals surface area contributed by atoms with Crippen LogP contribution in [0.5, 0.6) is 0 Å². The molecule has 0 spiro atoms. The van der Waals surface area contributed by atoms with Crippen LogP contribution >= 0.6 is 0 Å². The second-order valence-electron chi connectivity index (χ2n) is 3.35. The van der Waals surface area contributed by atoms with Crippen LogP contribution in [0.25, 0.3) is 0 Å². The number of rotatable bonds is 1. The molecule has 4 atom stereocenters. The van der Waals surface area contributed by atoms with E-state index in [0.29, 0.717) is 12.5 Å². The third-order valence-corrected chi connectivity index (χ3v) is 2.56. The number of methoxy groups -OCH3 is 1. The van der Waals surface area contributed by atoms with E-state index in [9.17, 15) is 0 Å². The zero-order valence-corrected chi connectivity index (χ0v) is 6.95. The maximum atomic E-state index is 5.54. The minimum absolute atomic E-state index is 0.157. The molecule has 0 saturated carbocycles. The van der Waals surface area contributed by atoms with E-state index >= 15 is 0 Å². The van der Waals surface area contributed by atoms with Gasteiger partial charge in [-0.1, -0.05) is 6.92 Å². The molecule has 2 heterocycles. The lowest BCUT2D eigenvalue weighted by atomic mass is 10.0. The molecular formula is C8H14O3. The van der Waals surface area contributed by atoms with Crippen LogP contribution in [0.4, 0.5) is 0 Å². The van der Waals surface area contributed by atoms with Gasteiger partial charge in [0.1, 0.15) is 12.2 Å². The van der Waals surface area contributed by atoms with Gasteiger partial charge in [0.05, 0.1) is 19.3 Å². The predicted octanol–water partition coefficient (Wildman–Crippen LogP) is 0.435. The molecule has 0 amide bonds. The molecular weight excluding hydrogens is 144 g/mol. The standard InChI is InChI=1S/C8H14O3/c1-5-3-10-8-6(9-2)4-11-7(5)8/h5-8H,3-4H2,1-2H3/t5-,6+,7?,8?/m1/s1. The Hall–Kier alpha value is -0.120. The van der Waals surface area contributed by atoms with Gasteiger partial charge < -0.3 is 14.2 Å². The van der Waals surface area contributed by atoms with Crippen LogP contribution < -0.4 is 0 Å². The Morgan fingerprint density at radius 2 is 1.91 bits per heavy atom. The van der Waals surface area contributed by atoms with E-state index in [1.807, 2.05) is 0 Å².